The Morgan fingerprint density at radius 1 is 1.16 bits per heavy atom. The lowest BCUT2D eigenvalue weighted by molar-refractivity contribution is -0.166. The Morgan fingerprint density at radius 3 is 2.58 bits per heavy atom. The highest BCUT2D eigenvalue weighted by Gasteiger charge is 2.46. The minimum Gasteiger partial charge on any atom is -0.368 e. The number of thiazole rings is 1. The minimum atomic E-state index is -2.75. The van der Waals surface area contributed by atoms with Gasteiger partial charge < -0.3 is 14.7 Å². The van der Waals surface area contributed by atoms with Crippen molar-refractivity contribution in [2.75, 3.05) is 62.7 Å². The molecule has 5 heterocycles. The smallest absolute Gasteiger partial charge is 0.282 e. The lowest BCUT2D eigenvalue weighted by atomic mass is 10.0. The minimum absolute atomic E-state index is 0.155. The fourth-order valence-corrected chi connectivity index (χ4v) is 6.40. The van der Waals surface area contributed by atoms with E-state index in [1.807, 2.05) is 34.4 Å². The first-order valence-electron chi connectivity index (χ1n) is 14.1. The normalized spacial score (nSPS) is 16.8. The summed E-state index contributed by atoms with van der Waals surface area (Å²) < 4.78 is 42.4. The molecule has 0 radical (unpaired) electrons. The molecule has 13 heteroatoms. The Balaban J connectivity index is 1.21. The van der Waals surface area contributed by atoms with Crippen LogP contribution >= 0.6 is 11.3 Å². The van der Waals surface area contributed by atoms with Gasteiger partial charge in [0.25, 0.3) is 5.92 Å². The maximum atomic E-state index is 14.1. The summed E-state index contributed by atoms with van der Waals surface area (Å²) in [5, 5.41) is 12.2. The average Bonchev–Trinajstić information content (AvgIpc) is 3.62. The molecule has 9 nitrogen and oxygen atoms in total. The SMILES string of the molecule is CCc1nc2ccc(N3CCN(CC(=O)N4CC(F)(F)C4)CC3)cn2c1N(C)c1nc(-c2cc(C)c(F)cc2C#N)cs1. The van der Waals surface area contributed by atoms with Crippen molar-refractivity contribution >= 4 is 39.5 Å². The highest BCUT2D eigenvalue weighted by atomic mass is 32.1. The van der Waals surface area contributed by atoms with Crippen LogP contribution in [0, 0.1) is 24.1 Å². The summed E-state index contributed by atoms with van der Waals surface area (Å²) in [5.41, 5.74) is 4.61. The summed E-state index contributed by atoms with van der Waals surface area (Å²) in [4.78, 5) is 29.5. The molecule has 0 bridgehead atoms. The number of carbonyl (C=O) groups is 1. The molecule has 0 spiro atoms. The Hall–Kier alpha value is -4.15. The number of nitrogens with zero attached hydrogens (tertiary/aromatic N) is 8. The second-order valence-electron chi connectivity index (χ2n) is 11.1. The molecule has 1 aromatic carbocycles. The van der Waals surface area contributed by atoms with Gasteiger partial charge in [-0.2, -0.15) is 5.26 Å². The number of hydrogen-bond donors (Lipinski definition) is 0. The monoisotopic (exact) mass is 608 g/mol. The number of anilines is 3. The number of aromatic nitrogens is 3. The molecule has 2 aliphatic heterocycles. The number of piperazine rings is 1. The number of imidazole rings is 1. The number of carbonyl (C=O) groups excluding carboxylic acids is 1. The predicted octanol–water partition coefficient (Wildman–Crippen LogP) is 4.71. The van der Waals surface area contributed by atoms with Gasteiger partial charge in [-0.1, -0.05) is 6.92 Å². The van der Waals surface area contributed by atoms with Crippen LogP contribution in [0.5, 0.6) is 0 Å². The van der Waals surface area contributed by atoms with E-state index in [1.54, 1.807) is 13.0 Å². The van der Waals surface area contributed by atoms with Crippen molar-refractivity contribution < 1.29 is 18.0 Å². The summed E-state index contributed by atoms with van der Waals surface area (Å²) in [6.07, 6.45) is 2.77. The number of benzene rings is 1. The van der Waals surface area contributed by atoms with E-state index in [0.29, 0.717) is 54.6 Å². The van der Waals surface area contributed by atoms with E-state index in [2.05, 4.69) is 28.5 Å². The molecule has 43 heavy (non-hydrogen) atoms. The van der Waals surface area contributed by atoms with Crippen molar-refractivity contribution in [2.45, 2.75) is 26.2 Å². The molecule has 3 aromatic heterocycles. The van der Waals surface area contributed by atoms with Crippen LogP contribution < -0.4 is 9.80 Å². The van der Waals surface area contributed by atoms with E-state index in [-0.39, 0.29) is 18.0 Å². The Kier molecular flexibility index (Phi) is 7.52. The number of alkyl halides is 2. The van der Waals surface area contributed by atoms with Crippen molar-refractivity contribution in [3.63, 3.8) is 0 Å². The third-order valence-electron chi connectivity index (χ3n) is 8.07. The van der Waals surface area contributed by atoms with E-state index in [4.69, 9.17) is 9.97 Å². The number of halogens is 3. The van der Waals surface area contributed by atoms with Crippen molar-refractivity contribution in [2.24, 2.45) is 0 Å². The maximum absolute atomic E-state index is 14.1. The zero-order valence-electron chi connectivity index (χ0n) is 24.1. The molecule has 2 aliphatic rings. The summed E-state index contributed by atoms with van der Waals surface area (Å²) >= 11 is 1.43. The molecular weight excluding hydrogens is 577 g/mol. The fraction of sp³-hybridized carbons (Fsp3) is 0.400. The molecule has 1 amide bonds. The summed E-state index contributed by atoms with van der Waals surface area (Å²) in [6.45, 7) is 5.61. The van der Waals surface area contributed by atoms with E-state index in [0.717, 1.165) is 22.8 Å². The van der Waals surface area contributed by atoms with Gasteiger partial charge in [-0.3, -0.25) is 14.1 Å². The van der Waals surface area contributed by atoms with Crippen LogP contribution in [0.1, 0.15) is 23.7 Å². The molecule has 0 unspecified atom stereocenters. The number of aryl methyl sites for hydroxylation is 2. The maximum Gasteiger partial charge on any atom is 0.282 e. The van der Waals surface area contributed by atoms with Gasteiger partial charge in [-0.05, 0) is 43.2 Å². The van der Waals surface area contributed by atoms with Gasteiger partial charge in [-0.15, -0.1) is 11.3 Å². The number of rotatable bonds is 7. The Morgan fingerprint density at radius 2 is 1.91 bits per heavy atom. The number of nitriles is 1. The standard InChI is InChI=1S/C30H31F3N8OS/c1-4-24-28(37(3)29-36-25(16-43-29)22-11-19(2)23(31)12-20(22)13-34)41-14-21(5-6-26(41)35-24)39-9-7-38(8-10-39)15-27(42)40-17-30(32,33)18-40/h5-6,11-12,14,16H,4,7-10,15,17-18H2,1-3H3. The number of likely N-dealkylation sites (tertiary alicyclic amines) is 1. The van der Waals surface area contributed by atoms with Crippen LogP contribution in [0.2, 0.25) is 0 Å². The van der Waals surface area contributed by atoms with Crippen molar-refractivity contribution in [1.29, 1.82) is 5.26 Å². The van der Waals surface area contributed by atoms with Gasteiger partial charge in [0, 0.05) is 50.4 Å². The van der Waals surface area contributed by atoms with Gasteiger partial charge in [0.1, 0.15) is 17.3 Å². The van der Waals surface area contributed by atoms with Gasteiger partial charge in [-0.25, -0.2) is 23.1 Å². The molecule has 2 saturated heterocycles. The third kappa shape index (κ3) is 5.52. The first-order valence-corrected chi connectivity index (χ1v) is 15.0. The molecule has 6 rings (SSSR count). The summed E-state index contributed by atoms with van der Waals surface area (Å²) in [6, 6.07) is 9.01. The number of hydrogen-bond acceptors (Lipinski definition) is 8. The second kappa shape index (κ2) is 11.2. The molecule has 0 N–H and O–H groups in total. The largest absolute Gasteiger partial charge is 0.368 e. The van der Waals surface area contributed by atoms with Crippen LogP contribution in [0.3, 0.4) is 0 Å². The van der Waals surface area contributed by atoms with Gasteiger partial charge in [0.2, 0.25) is 5.91 Å². The summed E-state index contributed by atoms with van der Waals surface area (Å²) in [5.74, 6) is -2.54. The van der Waals surface area contributed by atoms with E-state index >= 15 is 0 Å². The predicted molar refractivity (Wildman–Crippen MR) is 160 cm³/mol. The van der Waals surface area contributed by atoms with Crippen LogP contribution in [-0.4, -0.2) is 88.9 Å². The van der Waals surface area contributed by atoms with E-state index < -0.39 is 24.8 Å². The molecule has 0 saturated carbocycles. The van der Waals surface area contributed by atoms with Crippen molar-refractivity contribution in [3.05, 3.63) is 58.5 Å². The topological polar surface area (TPSA) is 84.0 Å². The lowest BCUT2D eigenvalue weighted by Gasteiger charge is -2.41. The number of pyridine rings is 1. The number of amides is 1. The van der Waals surface area contributed by atoms with Crippen LogP contribution in [0.25, 0.3) is 16.9 Å². The average molecular weight is 609 g/mol. The highest BCUT2D eigenvalue weighted by Crippen LogP contribution is 2.36. The molecule has 0 atom stereocenters. The number of fused-ring (bicyclic) bond motifs is 1. The zero-order valence-corrected chi connectivity index (χ0v) is 25.0. The van der Waals surface area contributed by atoms with Crippen molar-refractivity contribution in [1.82, 2.24) is 24.2 Å². The van der Waals surface area contributed by atoms with E-state index in [1.165, 1.54) is 22.3 Å². The van der Waals surface area contributed by atoms with Gasteiger partial charge in [0.05, 0.1) is 48.3 Å². The first kappa shape index (κ1) is 28.9. The first-order chi connectivity index (χ1) is 20.6. The third-order valence-corrected chi connectivity index (χ3v) is 8.98. The zero-order chi connectivity index (χ0) is 30.5. The van der Waals surface area contributed by atoms with Gasteiger partial charge >= 0.3 is 0 Å². The Bertz CT molecular complexity index is 1730. The van der Waals surface area contributed by atoms with Crippen molar-refractivity contribution in [3.8, 4) is 17.3 Å². The van der Waals surface area contributed by atoms with Crippen LogP contribution in [-0.2, 0) is 11.2 Å². The van der Waals surface area contributed by atoms with E-state index in [9.17, 15) is 23.2 Å². The Labute approximate surface area is 251 Å². The molecular formula is C30H31F3N8OS. The summed E-state index contributed by atoms with van der Waals surface area (Å²) in [7, 11) is 1.93. The molecule has 224 valence electrons. The molecule has 0 aliphatic carbocycles. The lowest BCUT2D eigenvalue weighted by Crippen LogP contribution is -2.61. The molecule has 4 aromatic rings. The van der Waals surface area contributed by atoms with Crippen LogP contribution in [0.4, 0.5) is 29.8 Å². The quantitative estimate of drug-likeness (QED) is 0.301. The fourth-order valence-electron chi connectivity index (χ4n) is 5.61. The molecule has 2 fully saturated rings. The second-order valence-corrected chi connectivity index (χ2v) is 11.9. The van der Waals surface area contributed by atoms with Gasteiger partial charge in [0.15, 0.2) is 5.13 Å². The highest BCUT2D eigenvalue weighted by molar-refractivity contribution is 7.14. The van der Waals surface area contributed by atoms with Crippen LogP contribution in [0.15, 0.2) is 35.8 Å².